The molecule has 0 saturated heterocycles. The Balaban J connectivity index is 1.84. The van der Waals surface area contributed by atoms with Gasteiger partial charge in [0.25, 0.3) is 5.56 Å². The van der Waals surface area contributed by atoms with Crippen LogP contribution in [0.25, 0.3) is 6.08 Å². The van der Waals surface area contributed by atoms with Crippen LogP contribution in [0, 0.1) is 0 Å². The smallest absolute Gasteiger partial charge is 0.338 e. The van der Waals surface area contributed by atoms with Crippen molar-refractivity contribution in [1.82, 2.24) is 4.57 Å². The second-order valence-corrected chi connectivity index (χ2v) is 9.45. The monoisotopic (exact) mass is 538 g/mol. The van der Waals surface area contributed by atoms with Crippen LogP contribution in [0.5, 0.6) is 5.75 Å². The van der Waals surface area contributed by atoms with E-state index in [1.54, 1.807) is 24.5 Å². The summed E-state index contributed by atoms with van der Waals surface area (Å²) in [6.07, 6.45) is 3.51. The highest BCUT2D eigenvalue weighted by Gasteiger charge is 2.33. The molecule has 1 unspecified atom stereocenters. The SMILES string of the molecule is C=CCOc1ccc(/C=c2\sc3n(c2=O)C(c2ccc(Br)cc2)C(C(=O)OCC)=C(C)N=3)cc1. The Labute approximate surface area is 209 Å². The number of aromatic nitrogens is 1. The van der Waals surface area contributed by atoms with Gasteiger partial charge in [-0.2, -0.15) is 0 Å². The highest BCUT2D eigenvalue weighted by Crippen LogP contribution is 2.31. The average Bonchev–Trinajstić information content (AvgIpc) is 3.12. The van der Waals surface area contributed by atoms with E-state index in [4.69, 9.17) is 9.47 Å². The van der Waals surface area contributed by atoms with Gasteiger partial charge in [0.1, 0.15) is 12.4 Å². The summed E-state index contributed by atoms with van der Waals surface area (Å²) in [5, 5.41) is 0. The standard InChI is InChI=1S/C26H23BrN2O4S/c1-4-14-33-20-12-6-17(7-13-20)15-21-24(30)29-23(18-8-10-19(27)11-9-18)22(25(31)32-5-2)16(3)28-26(29)34-21/h4,6-13,15,23H,1,5,14H2,2-3H3/b21-15-. The third kappa shape index (κ3) is 4.83. The van der Waals surface area contributed by atoms with Crippen molar-refractivity contribution in [3.05, 3.63) is 108 Å². The molecule has 1 aliphatic rings. The van der Waals surface area contributed by atoms with E-state index in [-0.39, 0.29) is 12.2 Å². The number of hydrogen-bond donors (Lipinski definition) is 0. The number of rotatable bonds is 7. The highest BCUT2D eigenvalue weighted by atomic mass is 79.9. The third-order valence-corrected chi connectivity index (χ3v) is 6.76. The van der Waals surface area contributed by atoms with Crippen molar-refractivity contribution in [1.29, 1.82) is 0 Å². The first-order chi connectivity index (χ1) is 16.4. The van der Waals surface area contributed by atoms with Gasteiger partial charge in [-0.05, 0) is 55.3 Å². The first-order valence-electron chi connectivity index (χ1n) is 10.7. The molecule has 3 aromatic rings. The number of carbonyl (C=O) groups excluding carboxylic acids is 1. The van der Waals surface area contributed by atoms with Crippen molar-refractivity contribution < 1.29 is 14.3 Å². The topological polar surface area (TPSA) is 69.9 Å². The fourth-order valence-corrected chi connectivity index (χ4v) is 5.03. The summed E-state index contributed by atoms with van der Waals surface area (Å²) in [7, 11) is 0. The van der Waals surface area contributed by atoms with Crippen LogP contribution in [-0.2, 0) is 9.53 Å². The van der Waals surface area contributed by atoms with Gasteiger partial charge in [0.15, 0.2) is 4.80 Å². The lowest BCUT2D eigenvalue weighted by Crippen LogP contribution is -2.39. The number of ether oxygens (including phenoxy) is 2. The third-order valence-electron chi connectivity index (χ3n) is 5.25. The molecule has 0 saturated carbocycles. The summed E-state index contributed by atoms with van der Waals surface area (Å²) in [6.45, 7) is 7.84. The number of thiazole rings is 1. The average molecular weight is 539 g/mol. The van der Waals surface area contributed by atoms with Crippen molar-refractivity contribution in [2.75, 3.05) is 13.2 Å². The number of hydrogen-bond acceptors (Lipinski definition) is 6. The molecular formula is C26H23BrN2O4S. The molecule has 8 heteroatoms. The van der Waals surface area contributed by atoms with Crippen molar-refractivity contribution in [3.63, 3.8) is 0 Å². The summed E-state index contributed by atoms with van der Waals surface area (Å²) in [5.41, 5.74) is 2.36. The maximum absolute atomic E-state index is 13.6. The van der Waals surface area contributed by atoms with E-state index in [2.05, 4.69) is 27.5 Å². The van der Waals surface area contributed by atoms with E-state index < -0.39 is 12.0 Å². The van der Waals surface area contributed by atoms with Gasteiger partial charge in [-0.3, -0.25) is 9.36 Å². The summed E-state index contributed by atoms with van der Waals surface area (Å²) in [4.78, 5) is 31.6. The fourth-order valence-electron chi connectivity index (χ4n) is 3.72. The van der Waals surface area contributed by atoms with Gasteiger partial charge in [0.2, 0.25) is 0 Å². The van der Waals surface area contributed by atoms with Gasteiger partial charge in [-0.15, -0.1) is 0 Å². The summed E-state index contributed by atoms with van der Waals surface area (Å²) < 4.78 is 13.9. The second-order valence-electron chi connectivity index (χ2n) is 7.52. The minimum absolute atomic E-state index is 0.210. The van der Waals surface area contributed by atoms with E-state index in [1.165, 1.54) is 11.3 Å². The number of esters is 1. The highest BCUT2D eigenvalue weighted by molar-refractivity contribution is 9.10. The molecule has 174 valence electrons. The Morgan fingerprint density at radius 1 is 1.21 bits per heavy atom. The molecule has 4 rings (SSSR count). The van der Waals surface area contributed by atoms with E-state index in [1.807, 2.05) is 54.6 Å². The molecule has 34 heavy (non-hydrogen) atoms. The molecule has 1 aliphatic heterocycles. The van der Waals surface area contributed by atoms with Crippen LogP contribution in [-0.4, -0.2) is 23.8 Å². The molecule has 2 aromatic carbocycles. The van der Waals surface area contributed by atoms with E-state index in [9.17, 15) is 9.59 Å². The molecule has 0 fully saturated rings. The molecule has 1 atom stereocenters. The Hall–Kier alpha value is -3.23. The Bertz CT molecular complexity index is 1430. The van der Waals surface area contributed by atoms with E-state index in [0.717, 1.165) is 21.3 Å². The molecule has 0 spiro atoms. The Kier molecular flexibility index (Phi) is 7.29. The van der Waals surface area contributed by atoms with E-state index in [0.29, 0.717) is 27.2 Å². The molecule has 0 bridgehead atoms. The quantitative estimate of drug-likeness (QED) is 0.335. The minimum atomic E-state index is -0.625. The van der Waals surface area contributed by atoms with Gasteiger partial charge >= 0.3 is 5.97 Å². The Morgan fingerprint density at radius 3 is 2.56 bits per heavy atom. The number of carbonyl (C=O) groups is 1. The summed E-state index contributed by atoms with van der Waals surface area (Å²) >= 11 is 4.74. The van der Waals surface area contributed by atoms with Crippen molar-refractivity contribution in [2.45, 2.75) is 19.9 Å². The predicted octanol–water partition coefficient (Wildman–Crippen LogP) is 4.13. The van der Waals surface area contributed by atoms with Crippen LogP contribution in [0.2, 0.25) is 0 Å². The van der Waals surface area contributed by atoms with Crippen LogP contribution < -0.4 is 19.6 Å². The summed E-state index contributed by atoms with van der Waals surface area (Å²) in [5.74, 6) is 0.254. The molecule has 0 aliphatic carbocycles. The molecule has 0 N–H and O–H groups in total. The lowest BCUT2D eigenvalue weighted by Gasteiger charge is -2.24. The van der Waals surface area contributed by atoms with Crippen LogP contribution >= 0.6 is 27.3 Å². The van der Waals surface area contributed by atoms with Gasteiger partial charge in [-0.1, -0.05) is 64.2 Å². The van der Waals surface area contributed by atoms with Crippen LogP contribution in [0.3, 0.4) is 0 Å². The largest absolute Gasteiger partial charge is 0.490 e. The van der Waals surface area contributed by atoms with Crippen molar-refractivity contribution in [2.24, 2.45) is 4.99 Å². The molecule has 6 nitrogen and oxygen atoms in total. The fraction of sp³-hybridized carbons (Fsp3) is 0.192. The Morgan fingerprint density at radius 2 is 1.91 bits per heavy atom. The molecule has 1 aromatic heterocycles. The first kappa shape index (κ1) is 23.9. The summed E-state index contributed by atoms with van der Waals surface area (Å²) in [6, 6.07) is 14.4. The molecular weight excluding hydrogens is 516 g/mol. The first-order valence-corrected chi connectivity index (χ1v) is 12.3. The number of allylic oxidation sites excluding steroid dienone is 1. The lowest BCUT2D eigenvalue weighted by molar-refractivity contribution is -0.139. The van der Waals surface area contributed by atoms with Gasteiger partial charge in [-0.25, -0.2) is 9.79 Å². The number of halogens is 1. The minimum Gasteiger partial charge on any atom is -0.490 e. The lowest BCUT2D eigenvalue weighted by atomic mass is 9.96. The normalized spacial score (nSPS) is 15.5. The molecule has 2 heterocycles. The number of benzene rings is 2. The molecule has 0 amide bonds. The van der Waals surface area contributed by atoms with Crippen molar-refractivity contribution >= 4 is 39.3 Å². The van der Waals surface area contributed by atoms with Crippen molar-refractivity contribution in [3.8, 4) is 5.75 Å². The maximum atomic E-state index is 13.6. The number of nitrogens with zero attached hydrogens (tertiary/aromatic N) is 2. The molecule has 0 radical (unpaired) electrons. The van der Waals surface area contributed by atoms with Gasteiger partial charge in [0, 0.05) is 4.47 Å². The number of fused-ring (bicyclic) bond motifs is 1. The zero-order valence-electron chi connectivity index (χ0n) is 18.8. The van der Waals surface area contributed by atoms with E-state index >= 15 is 0 Å². The maximum Gasteiger partial charge on any atom is 0.338 e. The van der Waals surface area contributed by atoms with Crippen LogP contribution in [0.1, 0.15) is 31.0 Å². The van der Waals surface area contributed by atoms with Gasteiger partial charge < -0.3 is 9.47 Å². The zero-order chi connectivity index (χ0) is 24.2. The zero-order valence-corrected chi connectivity index (χ0v) is 21.2. The van der Waals surface area contributed by atoms with Crippen LogP contribution in [0.4, 0.5) is 0 Å². The predicted molar refractivity (Wildman–Crippen MR) is 137 cm³/mol. The van der Waals surface area contributed by atoms with Crippen LogP contribution in [0.15, 0.2) is 86.7 Å². The van der Waals surface area contributed by atoms with Gasteiger partial charge in [0.05, 0.1) is 28.5 Å². The second kappa shape index (κ2) is 10.4.